The molecular formula is C15H22BrNO3. The topological polar surface area (TPSA) is 58.6 Å². The molecule has 0 aliphatic rings. The first-order valence-corrected chi connectivity index (χ1v) is 7.39. The van der Waals surface area contributed by atoms with Gasteiger partial charge in [0.1, 0.15) is 12.4 Å². The van der Waals surface area contributed by atoms with E-state index in [2.05, 4.69) is 35.1 Å². The van der Waals surface area contributed by atoms with Crippen molar-refractivity contribution < 1.29 is 14.6 Å². The predicted octanol–water partition coefficient (Wildman–Crippen LogP) is 3.44. The van der Waals surface area contributed by atoms with E-state index >= 15 is 0 Å². The van der Waals surface area contributed by atoms with Crippen molar-refractivity contribution in [3.8, 4) is 5.75 Å². The first-order valence-electron chi connectivity index (χ1n) is 6.60. The lowest BCUT2D eigenvalue weighted by molar-refractivity contribution is -0.148. The Balaban J connectivity index is 2.81. The Labute approximate surface area is 128 Å². The number of carboxylic acid groups (broad SMARTS) is 1. The van der Waals surface area contributed by atoms with Gasteiger partial charge in [0.2, 0.25) is 0 Å². The van der Waals surface area contributed by atoms with E-state index in [0.717, 1.165) is 15.8 Å². The smallest absolute Gasteiger partial charge is 0.312 e. The molecule has 0 aromatic heterocycles. The van der Waals surface area contributed by atoms with Crippen LogP contribution in [0.2, 0.25) is 0 Å². The fourth-order valence-corrected chi connectivity index (χ4v) is 1.87. The lowest BCUT2D eigenvalue weighted by atomic mass is 9.95. The highest BCUT2D eigenvalue weighted by Crippen LogP contribution is 2.25. The van der Waals surface area contributed by atoms with Gasteiger partial charge in [0, 0.05) is 22.6 Å². The molecule has 0 fully saturated rings. The van der Waals surface area contributed by atoms with Crippen molar-refractivity contribution in [2.45, 2.75) is 40.3 Å². The van der Waals surface area contributed by atoms with Crippen LogP contribution in [0.4, 0.5) is 0 Å². The number of benzene rings is 1. The van der Waals surface area contributed by atoms with E-state index < -0.39 is 11.4 Å². The van der Waals surface area contributed by atoms with Crippen molar-refractivity contribution in [3.05, 3.63) is 28.2 Å². The average Bonchev–Trinajstić information content (AvgIpc) is 2.34. The molecule has 0 atom stereocenters. The zero-order valence-corrected chi connectivity index (χ0v) is 14.0. The number of carbonyl (C=O) groups is 1. The van der Waals surface area contributed by atoms with Crippen molar-refractivity contribution in [2.24, 2.45) is 5.41 Å². The largest absolute Gasteiger partial charge is 0.492 e. The highest BCUT2D eigenvalue weighted by Gasteiger charge is 2.28. The normalized spacial score (nSPS) is 11.7. The SMILES string of the molecule is CC(C)NCc1cc(Br)ccc1OCC(C)(C)C(=O)O. The first kappa shape index (κ1) is 17.0. The Bertz CT molecular complexity index is 472. The Morgan fingerprint density at radius 3 is 2.65 bits per heavy atom. The van der Waals surface area contributed by atoms with Gasteiger partial charge in [0.05, 0.1) is 5.41 Å². The molecular weight excluding hydrogens is 322 g/mol. The van der Waals surface area contributed by atoms with Crippen LogP contribution >= 0.6 is 15.9 Å². The van der Waals surface area contributed by atoms with E-state index in [4.69, 9.17) is 9.84 Å². The van der Waals surface area contributed by atoms with E-state index in [1.54, 1.807) is 13.8 Å². The van der Waals surface area contributed by atoms with Gasteiger partial charge in [-0.15, -0.1) is 0 Å². The third-order valence-corrected chi connectivity index (χ3v) is 3.38. The molecule has 0 radical (unpaired) electrons. The molecule has 5 heteroatoms. The van der Waals surface area contributed by atoms with Crippen molar-refractivity contribution >= 4 is 21.9 Å². The van der Waals surface area contributed by atoms with Gasteiger partial charge in [0.25, 0.3) is 0 Å². The van der Waals surface area contributed by atoms with Gasteiger partial charge >= 0.3 is 5.97 Å². The minimum absolute atomic E-state index is 0.138. The second-order valence-electron chi connectivity index (χ2n) is 5.77. The van der Waals surface area contributed by atoms with E-state index in [-0.39, 0.29) is 6.61 Å². The summed E-state index contributed by atoms with van der Waals surface area (Å²) in [5.41, 5.74) is 0.102. The lowest BCUT2D eigenvalue weighted by Crippen LogP contribution is -2.31. The molecule has 4 nitrogen and oxygen atoms in total. The molecule has 1 aromatic carbocycles. The summed E-state index contributed by atoms with van der Waals surface area (Å²) in [6.07, 6.45) is 0. The highest BCUT2D eigenvalue weighted by molar-refractivity contribution is 9.10. The minimum Gasteiger partial charge on any atom is -0.492 e. The number of halogens is 1. The monoisotopic (exact) mass is 343 g/mol. The summed E-state index contributed by atoms with van der Waals surface area (Å²) >= 11 is 3.44. The molecule has 1 aromatic rings. The predicted molar refractivity (Wildman–Crippen MR) is 83.0 cm³/mol. The maximum Gasteiger partial charge on any atom is 0.312 e. The Kier molecular flexibility index (Phi) is 6.02. The molecule has 0 aliphatic heterocycles. The zero-order chi connectivity index (χ0) is 15.3. The lowest BCUT2D eigenvalue weighted by Gasteiger charge is -2.21. The van der Waals surface area contributed by atoms with Crippen LogP contribution < -0.4 is 10.1 Å². The third kappa shape index (κ3) is 5.13. The number of hydrogen-bond acceptors (Lipinski definition) is 3. The Hall–Kier alpha value is -1.07. The fourth-order valence-electron chi connectivity index (χ4n) is 1.46. The Morgan fingerprint density at radius 2 is 2.10 bits per heavy atom. The van der Waals surface area contributed by atoms with Crippen LogP contribution in [-0.4, -0.2) is 23.7 Å². The van der Waals surface area contributed by atoms with Crippen molar-refractivity contribution in [3.63, 3.8) is 0 Å². The molecule has 0 aliphatic carbocycles. The third-order valence-electron chi connectivity index (χ3n) is 2.89. The summed E-state index contributed by atoms with van der Waals surface area (Å²) in [4.78, 5) is 11.1. The minimum atomic E-state index is -0.907. The van der Waals surface area contributed by atoms with Crippen LogP contribution in [0.3, 0.4) is 0 Å². The summed E-state index contributed by atoms with van der Waals surface area (Å²) in [7, 11) is 0. The summed E-state index contributed by atoms with van der Waals surface area (Å²) in [5, 5.41) is 12.4. The van der Waals surface area contributed by atoms with Crippen LogP contribution in [-0.2, 0) is 11.3 Å². The molecule has 0 heterocycles. The molecule has 0 saturated carbocycles. The molecule has 0 spiro atoms. The average molecular weight is 344 g/mol. The summed E-state index contributed by atoms with van der Waals surface area (Å²) < 4.78 is 6.68. The quantitative estimate of drug-likeness (QED) is 0.796. The fraction of sp³-hybridized carbons (Fsp3) is 0.533. The number of hydrogen-bond donors (Lipinski definition) is 2. The van der Waals surface area contributed by atoms with Gasteiger partial charge in [-0.05, 0) is 32.0 Å². The van der Waals surface area contributed by atoms with E-state index in [1.165, 1.54) is 0 Å². The molecule has 1 rings (SSSR count). The number of carboxylic acids is 1. The van der Waals surface area contributed by atoms with E-state index in [0.29, 0.717) is 12.6 Å². The maximum atomic E-state index is 11.1. The van der Waals surface area contributed by atoms with Crippen LogP contribution in [0.15, 0.2) is 22.7 Å². The molecule has 0 saturated heterocycles. The van der Waals surface area contributed by atoms with Gasteiger partial charge in [0.15, 0.2) is 0 Å². The molecule has 2 N–H and O–H groups in total. The van der Waals surface area contributed by atoms with Crippen molar-refractivity contribution in [1.29, 1.82) is 0 Å². The van der Waals surface area contributed by atoms with Crippen LogP contribution in [0.25, 0.3) is 0 Å². The number of nitrogens with one attached hydrogen (secondary N) is 1. The van der Waals surface area contributed by atoms with E-state index in [9.17, 15) is 4.79 Å². The van der Waals surface area contributed by atoms with Crippen LogP contribution in [0, 0.1) is 5.41 Å². The number of rotatable bonds is 7. The standard InChI is InChI=1S/C15H22BrNO3/c1-10(2)17-8-11-7-12(16)5-6-13(11)20-9-15(3,4)14(18)19/h5-7,10,17H,8-9H2,1-4H3,(H,18,19). The van der Waals surface area contributed by atoms with Gasteiger partial charge in [-0.1, -0.05) is 29.8 Å². The maximum absolute atomic E-state index is 11.1. The van der Waals surface area contributed by atoms with Crippen LogP contribution in [0.1, 0.15) is 33.3 Å². The molecule has 0 amide bonds. The molecule has 0 unspecified atom stereocenters. The van der Waals surface area contributed by atoms with Crippen LogP contribution in [0.5, 0.6) is 5.75 Å². The second kappa shape index (κ2) is 7.09. The molecule has 0 bridgehead atoms. The molecule has 20 heavy (non-hydrogen) atoms. The number of ether oxygens (including phenoxy) is 1. The van der Waals surface area contributed by atoms with Gasteiger partial charge in [-0.3, -0.25) is 4.79 Å². The van der Waals surface area contributed by atoms with Gasteiger partial charge in [-0.2, -0.15) is 0 Å². The summed E-state index contributed by atoms with van der Waals surface area (Å²) in [6.45, 7) is 8.27. The second-order valence-corrected chi connectivity index (χ2v) is 6.68. The Morgan fingerprint density at radius 1 is 1.45 bits per heavy atom. The molecule has 112 valence electrons. The zero-order valence-electron chi connectivity index (χ0n) is 12.4. The summed E-state index contributed by atoms with van der Waals surface area (Å²) in [6, 6.07) is 6.11. The number of aliphatic carboxylic acids is 1. The van der Waals surface area contributed by atoms with Crippen molar-refractivity contribution in [1.82, 2.24) is 5.32 Å². The van der Waals surface area contributed by atoms with Gasteiger partial charge in [-0.25, -0.2) is 0 Å². The van der Waals surface area contributed by atoms with E-state index in [1.807, 2.05) is 18.2 Å². The van der Waals surface area contributed by atoms with Gasteiger partial charge < -0.3 is 15.2 Å². The summed E-state index contributed by atoms with van der Waals surface area (Å²) in [5.74, 6) is -0.146. The highest BCUT2D eigenvalue weighted by atomic mass is 79.9. The first-order chi connectivity index (χ1) is 9.22. The van der Waals surface area contributed by atoms with Crippen molar-refractivity contribution in [2.75, 3.05) is 6.61 Å².